The molecule has 0 unspecified atom stereocenters. The second-order valence-electron chi connectivity index (χ2n) is 5.22. The average Bonchev–Trinajstić information content (AvgIpc) is 2.49. The molecule has 1 aromatic carbocycles. The Labute approximate surface area is 127 Å². The van der Waals surface area contributed by atoms with Gasteiger partial charge in [-0.2, -0.15) is 0 Å². The number of unbranched alkanes of at least 4 members (excludes halogenated alkanes) is 4. The van der Waals surface area contributed by atoms with Crippen molar-refractivity contribution in [1.29, 1.82) is 0 Å². The van der Waals surface area contributed by atoms with E-state index in [-0.39, 0.29) is 18.2 Å². The predicted molar refractivity (Wildman–Crippen MR) is 86.2 cm³/mol. The Bertz CT molecular complexity index is 458. The number of likely N-dealkylation sites (N-methyl/N-ethyl adjacent to an activating group) is 1. The molecule has 2 amide bonds. The molecular weight excluding hydrogens is 264 g/mol. The Morgan fingerprint density at radius 3 is 2.43 bits per heavy atom. The van der Waals surface area contributed by atoms with Crippen LogP contribution >= 0.6 is 0 Å². The quantitative estimate of drug-likeness (QED) is 0.686. The third kappa shape index (κ3) is 6.93. The number of carbonyl (C=O) groups excluding carboxylic acids is 2. The monoisotopic (exact) mass is 290 g/mol. The Morgan fingerprint density at radius 2 is 1.71 bits per heavy atom. The van der Waals surface area contributed by atoms with Gasteiger partial charge in [-0.15, -0.1) is 0 Å². The van der Waals surface area contributed by atoms with Gasteiger partial charge in [-0.1, -0.05) is 50.8 Å². The van der Waals surface area contributed by atoms with Crippen LogP contribution in [0, 0.1) is 0 Å². The first-order valence-electron chi connectivity index (χ1n) is 7.75. The van der Waals surface area contributed by atoms with Gasteiger partial charge in [-0.05, 0) is 18.1 Å². The summed E-state index contributed by atoms with van der Waals surface area (Å²) >= 11 is 0. The van der Waals surface area contributed by atoms with Crippen LogP contribution in [0.1, 0.15) is 51.0 Å². The second-order valence-corrected chi connectivity index (χ2v) is 5.22. The van der Waals surface area contributed by atoms with E-state index >= 15 is 0 Å². The van der Waals surface area contributed by atoms with Crippen LogP contribution in [0.25, 0.3) is 0 Å². The Kier molecular flexibility index (Phi) is 8.17. The number of hydrogen-bond donors (Lipinski definition) is 2. The predicted octanol–water partition coefficient (Wildman–Crippen LogP) is 3.27. The summed E-state index contributed by atoms with van der Waals surface area (Å²) in [6.45, 7) is 2.18. The van der Waals surface area contributed by atoms with Gasteiger partial charge >= 0.3 is 0 Å². The van der Waals surface area contributed by atoms with E-state index in [9.17, 15) is 9.59 Å². The van der Waals surface area contributed by atoms with E-state index in [2.05, 4.69) is 17.6 Å². The molecule has 1 aromatic rings. The molecule has 0 saturated carbocycles. The lowest BCUT2D eigenvalue weighted by Gasteiger charge is -2.10. The van der Waals surface area contributed by atoms with E-state index in [0.717, 1.165) is 24.1 Å². The molecule has 0 spiro atoms. The fraction of sp³-hybridized carbons (Fsp3) is 0.529. The number of amides is 2. The highest BCUT2D eigenvalue weighted by Crippen LogP contribution is 2.16. The molecule has 0 aliphatic heterocycles. The van der Waals surface area contributed by atoms with Crippen molar-refractivity contribution in [3.05, 3.63) is 29.8 Å². The largest absolute Gasteiger partial charge is 0.359 e. The van der Waals surface area contributed by atoms with Gasteiger partial charge in [0, 0.05) is 19.2 Å². The standard InChI is InChI=1S/C17H26N2O2/c1-3-4-5-6-7-12-16(20)19-15-11-9-8-10-14(15)13-17(21)18-2/h8-11H,3-7,12-13H2,1-2H3,(H,18,21)(H,19,20). The van der Waals surface area contributed by atoms with Crippen LogP contribution in [0.5, 0.6) is 0 Å². The van der Waals surface area contributed by atoms with Gasteiger partial charge < -0.3 is 10.6 Å². The van der Waals surface area contributed by atoms with Crippen LogP contribution < -0.4 is 10.6 Å². The molecule has 0 bridgehead atoms. The van der Waals surface area contributed by atoms with E-state index in [1.54, 1.807) is 7.05 Å². The fourth-order valence-electron chi connectivity index (χ4n) is 2.16. The van der Waals surface area contributed by atoms with Gasteiger partial charge in [0.05, 0.1) is 6.42 Å². The van der Waals surface area contributed by atoms with Crippen LogP contribution in [0.15, 0.2) is 24.3 Å². The lowest BCUT2D eigenvalue weighted by atomic mass is 10.1. The Morgan fingerprint density at radius 1 is 1.00 bits per heavy atom. The number of rotatable bonds is 9. The number of para-hydroxylation sites is 1. The lowest BCUT2D eigenvalue weighted by Crippen LogP contribution is -2.21. The van der Waals surface area contributed by atoms with Crippen molar-refractivity contribution < 1.29 is 9.59 Å². The maximum Gasteiger partial charge on any atom is 0.224 e. The van der Waals surface area contributed by atoms with E-state index in [0.29, 0.717) is 6.42 Å². The molecule has 21 heavy (non-hydrogen) atoms. The van der Waals surface area contributed by atoms with Crippen molar-refractivity contribution in [2.24, 2.45) is 0 Å². The van der Waals surface area contributed by atoms with Crippen LogP contribution in [0.2, 0.25) is 0 Å². The number of anilines is 1. The minimum atomic E-state index is -0.0590. The highest BCUT2D eigenvalue weighted by Gasteiger charge is 2.09. The van der Waals surface area contributed by atoms with Crippen molar-refractivity contribution in [2.45, 2.75) is 51.9 Å². The highest BCUT2D eigenvalue weighted by atomic mass is 16.2. The normalized spacial score (nSPS) is 10.2. The van der Waals surface area contributed by atoms with Gasteiger partial charge in [0.25, 0.3) is 0 Å². The van der Waals surface area contributed by atoms with E-state index in [1.165, 1.54) is 19.3 Å². The third-order valence-electron chi connectivity index (χ3n) is 3.43. The zero-order chi connectivity index (χ0) is 15.5. The van der Waals surface area contributed by atoms with Crippen molar-refractivity contribution in [3.8, 4) is 0 Å². The van der Waals surface area contributed by atoms with Gasteiger partial charge in [-0.3, -0.25) is 9.59 Å². The summed E-state index contributed by atoms with van der Waals surface area (Å²) in [7, 11) is 1.61. The molecule has 0 saturated heterocycles. The van der Waals surface area contributed by atoms with Gasteiger partial charge in [0.2, 0.25) is 11.8 Å². The fourth-order valence-corrected chi connectivity index (χ4v) is 2.16. The molecule has 0 aromatic heterocycles. The maximum absolute atomic E-state index is 11.9. The third-order valence-corrected chi connectivity index (χ3v) is 3.43. The first kappa shape index (κ1) is 17.2. The molecule has 4 heteroatoms. The second kappa shape index (κ2) is 9.97. The SMILES string of the molecule is CCCCCCCC(=O)Nc1ccccc1CC(=O)NC. The zero-order valence-corrected chi connectivity index (χ0v) is 13.1. The molecule has 116 valence electrons. The molecule has 2 N–H and O–H groups in total. The van der Waals surface area contributed by atoms with Crippen LogP contribution in [-0.2, 0) is 16.0 Å². The molecule has 0 atom stereocenters. The highest BCUT2D eigenvalue weighted by molar-refractivity contribution is 5.92. The minimum Gasteiger partial charge on any atom is -0.359 e. The topological polar surface area (TPSA) is 58.2 Å². The molecule has 4 nitrogen and oxygen atoms in total. The zero-order valence-electron chi connectivity index (χ0n) is 13.1. The first-order chi connectivity index (χ1) is 10.2. The van der Waals surface area contributed by atoms with Crippen molar-refractivity contribution >= 4 is 17.5 Å². The summed E-state index contributed by atoms with van der Waals surface area (Å²) < 4.78 is 0. The number of carbonyl (C=O) groups is 2. The molecule has 0 aliphatic rings. The first-order valence-corrected chi connectivity index (χ1v) is 7.75. The summed E-state index contributed by atoms with van der Waals surface area (Å²) in [4.78, 5) is 23.4. The number of nitrogens with one attached hydrogen (secondary N) is 2. The molecule has 0 fully saturated rings. The molecule has 0 aliphatic carbocycles. The lowest BCUT2D eigenvalue weighted by molar-refractivity contribution is -0.120. The van der Waals surface area contributed by atoms with Crippen molar-refractivity contribution in [1.82, 2.24) is 5.32 Å². The van der Waals surface area contributed by atoms with Crippen LogP contribution in [0.3, 0.4) is 0 Å². The van der Waals surface area contributed by atoms with Gasteiger partial charge in [-0.25, -0.2) is 0 Å². The summed E-state index contributed by atoms with van der Waals surface area (Å²) in [6, 6.07) is 7.45. The summed E-state index contributed by atoms with van der Waals surface area (Å²) in [5.41, 5.74) is 1.58. The summed E-state index contributed by atoms with van der Waals surface area (Å²) in [6.07, 6.45) is 6.47. The molecule has 0 heterocycles. The minimum absolute atomic E-state index is 0.0239. The maximum atomic E-state index is 11.9. The molecule has 0 radical (unpaired) electrons. The Hall–Kier alpha value is -1.84. The Balaban J connectivity index is 2.46. The summed E-state index contributed by atoms with van der Waals surface area (Å²) in [5, 5.41) is 5.51. The molecule has 1 rings (SSSR count). The van der Waals surface area contributed by atoms with E-state index in [4.69, 9.17) is 0 Å². The van der Waals surface area contributed by atoms with Gasteiger partial charge in [0.15, 0.2) is 0 Å². The van der Waals surface area contributed by atoms with Crippen LogP contribution in [0.4, 0.5) is 5.69 Å². The average molecular weight is 290 g/mol. The van der Waals surface area contributed by atoms with Crippen LogP contribution in [-0.4, -0.2) is 18.9 Å². The summed E-state index contributed by atoms with van der Waals surface area (Å²) in [5.74, 6) is -0.0351. The molecular formula is C17H26N2O2. The van der Waals surface area contributed by atoms with E-state index in [1.807, 2.05) is 24.3 Å². The van der Waals surface area contributed by atoms with Crippen molar-refractivity contribution in [3.63, 3.8) is 0 Å². The van der Waals surface area contributed by atoms with Gasteiger partial charge in [0.1, 0.15) is 0 Å². The number of hydrogen-bond acceptors (Lipinski definition) is 2. The van der Waals surface area contributed by atoms with E-state index < -0.39 is 0 Å². The smallest absolute Gasteiger partial charge is 0.224 e. The number of benzene rings is 1. The van der Waals surface area contributed by atoms with Crippen molar-refractivity contribution in [2.75, 3.05) is 12.4 Å².